The van der Waals surface area contributed by atoms with Crippen molar-refractivity contribution in [2.45, 2.75) is 91.4 Å². The number of anilines is 1. The van der Waals surface area contributed by atoms with Crippen LogP contribution in [0.15, 0.2) is 36.4 Å². The van der Waals surface area contributed by atoms with Gasteiger partial charge in [0.2, 0.25) is 18.5 Å². The summed E-state index contributed by atoms with van der Waals surface area (Å²) in [6.45, 7) is 9.59. The lowest BCUT2D eigenvalue weighted by Gasteiger charge is -2.36. The van der Waals surface area contributed by atoms with E-state index >= 15 is 0 Å². The van der Waals surface area contributed by atoms with E-state index in [1.165, 1.54) is 29.7 Å². The third-order valence-electron chi connectivity index (χ3n) is 9.15. The first-order valence-electron chi connectivity index (χ1n) is 19.4. The average Bonchev–Trinajstić information content (AvgIpc) is 3.70. The molecule has 1 aromatic heterocycles. The molecule has 3 unspecified atom stereocenters. The highest BCUT2D eigenvalue weighted by Crippen LogP contribution is 2.51. The zero-order valence-electron chi connectivity index (χ0n) is 33.5. The summed E-state index contributed by atoms with van der Waals surface area (Å²) >= 11 is 0. The largest absolute Gasteiger partial charge is 0.449 e. The van der Waals surface area contributed by atoms with Crippen LogP contribution < -0.4 is 10.2 Å². The van der Waals surface area contributed by atoms with E-state index in [0.29, 0.717) is 30.9 Å². The Labute approximate surface area is 333 Å². The number of methoxy groups -OCH3 is 1. The molecule has 0 radical (unpaired) electrons. The van der Waals surface area contributed by atoms with Gasteiger partial charge in [-0.2, -0.15) is 0 Å². The second-order valence-corrected chi connectivity index (χ2v) is 15.5. The zero-order valence-corrected chi connectivity index (χ0v) is 34.4. The van der Waals surface area contributed by atoms with E-state index in [-0.39, 0.29) is 63.2 Å². The number of hydrogen-bond donors (Lipinski definition) is 1. The maximum Gasteiger partial charge on any atom is 0.409 e. The zero-order chi connectivity index (χ0) is 41.5. The van der Waals surface area contributed by atoms with Crippen molar-refractivity contribution in [3.8, 4) is 11.4 Å². The number of hydrogen-bond acceptors (Lipinski definition) is 15. The maximum atomic E-state index is 14.6. The van der Waals surface area contributed by atoms with Crippen LogP contribution in [0.25, 0.3) is 11.4 Å². The lowest BCUT2D eigenvalue weighted by molar-refractivity contribution is -0.167. The monoisotopic (exact) mass is 818 g/mol. The van der Waals surface area contributed by atoms with Crippen LogP contribution in [0.5, 0.6) is 0 Å². The Morgan fingerprint density at radius 3 is 2.05 bits per heavy atom. The standard InChI is InChI=1S/C38H55N6O12P/c1-7-10-22-52-38(49)43-20-18-42(19-21-43)37(48)31(25-57(50,55-26(4)53-33(45)8-2)56-27(5)54-34(46)9-3)40-36(47)30-23-32(44-17-16-29(24-44)51-6)41-35(39-30)28-14-12-11-13-15-28/h11-15,23,26-27,29,31H,7-10,16-22,24-25H2,1-6H3,(H,40,47)/t26-,27?,29+,31?,57?/m1/s1. The van der Waals surface area contributed by atoms with Crippen LogP contribution in [0.4, 0.5) is 10.6 Å². The Morgan fingerprint density at radius 1 is 0.877 bits per heavy atom. The number of amides is 3. The van der Waals surface area contributed by atoms with Gasteiger partial charge in [0.15, 0.2) is 5.82 Å². The summed E-state index contributed by atoms with van der Waals surface area (Å²) in [4.78, 5) is 79.7. The van der Waals surface area contributed by atoms with Crippen LogP contribution in [0, 0.1) is 0 Å². The molecule has 0 spiro atoms. The van der Waals surface area contributed by atoms with Gasteiger partial charge in [0, 0.05) is 70.8 Å². The normalized spacial score (nSPS) is 18.2. The lowest BCUT2D eigenvalue weighted by Crippen LogP contribution is -2.57. The molecular weight excluding hydrogens is 763 g/mol. The van der Waals surface area contributed by atoms with E-state index in [1.807, 2.05) is 30.0 Å². The van der Waals surface area contributed by atoms with Crippen LogP contribution in [-0.2, 0) is 46.9 Å². The molecular formula is C38H55N6O12P. The Bertz CT molecular complexity index is 1700. The SMILES string of the molecule is CCCCOC(=O)N1CCN(C(=O)C(CP(=O)(OC(C)OC(=O)CC)O[C@H](C)OC(=O)CC)NC(=O)c2cc(N3CC[C@H](OC)C3)nc(-c3ccccc3)n2)CC1. The van der Waals surface area contributed by atoms with Gasteiger partial charge in [0.25, 0.3) is 5.91 Å². The van der Waals surface area contributed by atoms with E-state index < -0.39 is 62.2 Å². The molecule has 2 aliphatic rings. The predicted octanol–water partition coefficient (Wildman–Crippen LogP) is 4.37. The fourth-order valence-corrected chi connectivity index (χ4v) is 7.97. The predicted molar refractivity (Wildman–Crippen MR) is 207 cm³/mol. The Balaban J connectivity index is 1.68. The smallest absolute Gasteiger partial charge is 0.409 e. The van der Waals surface area contributed by atoms with Crippen molar-refractivity contribution in [1.29, 1.82) is 0 Å². The Hall–Kier alpha value is -4.64. The molecule has 2 fully saturated rings. The number of aromatic nitrogens is 2. The highest BCUT2D eigenvalue weighted by molar-refractivity contribution is 7.54. The second-order valence-electron chi connectivity index (χ2n) is 13.5. The van der Waals surface area contributed by atoms with Crippen LogP contribution in [0.1, 0.15) is 77.2 Å². The highest BCUT2D eigenvalue weighted by Gasteiger charge is 2.41. The van der Waals surface area contributed by atoms with Crippen LogP contribution in [-0.4, -0.2) is 133 Å². The third kappa shape index (κ3) is 13.5. The van der Waals surface area contributed by atoms with E-state index in [0.717, 1.165) is 12.8 Å². The van der Waals surface area contributed by atoms with Gasteiger partial charge in [-0.05, 0) is 26.7 Å². The fourth-order valence-electron chi connectivity index (χ4n) is 6.07. The first-order valence-corrected chi connectivity index (χ1v) is 21.1. The summed E-state index contributed by atoms with van der Waals surface area (Å²) in [6, 6.07) is 9.02. The minimum absolute atomic E-state index is 0.00584. The number of carbonyl (C=O) groups excluding carboxylic acids is 5. The molecule has 1 aromatic carbocycles. The quantitative estimate of drug-likeness (QED) is 0.0687. The van der Waals surface area contributed by atoms with Crippen molar-refractivity contribution in [2.24, 2.45) is 0 Å². The van der Waals surface area contributed by atoms with Gasteiger partial charge >= 0.3 is 25.6 Å². The minimum Gasteiger partial charge on any atom is -0.449 e. The van der Waals surface area contributed by atoms with E-state index in [9.17, 15) is 28.5 Å². The molecule has 2 aromatic rings. The molecule has 4 rings (SSSR count). The molecule has 1 N–H and O–H groups in total. The number of ether oxygens (including phenoxy) is 4. The molecule has 3 amide bonds. The number of nitrogens with one attached hydrogen (secondary N) is 1. The topological polar surface area (TPSA) is 205 Å². The molecule has 0 aliphatic carbocycles. The molecule has 2 aliphatic heterocycles. The summed E-state index contributed by atoms with van der Waals surface area (Å²) in [7, 11) is -2.94. The van der Waals surface area contributed by atoms with E-state index in [2.05, 4.69) is 10.3 Å². The van der Waals surface area contributed by atoms with E-state index in [4.69, 9.17) is 33.0 Å². The van der Waals surface area contributed by atoms with Gasteiger partial charge in [-0.15, -0.1) is 0 Å². The van der Waals surface area contributed by atoms with E-state index in [1.54, 1.807) is 33.1 Å². The van der Waals surface area contributed by atoms with Crippen LogP contribution in [0.3, 0.4) is 0 Å². The summed E-state index contributed by atoms with van der Waals surface area (Å²) < 4.78 is 47.3. The average molecular weight is 819 g/mol. The number of benzene rings is 1. The Kier molecular flexibility index (Phi) is 17.2. The molecule has 18 nitrogen and oxygen atoms in total. The summed E-state index contributed by atoms with van der Waals surface area (Å²) in [5.41, 5.74) is 0.566. The molecule has 19 heteroatoms. The summed E-state index contributed by atoms with van der Waals surface area (Å²) in [5.74, 6) is -2.04. The molecule has 314 valence electrons. The van der Waals surface area contributed by atoms with Gasteiger partial charge in [0.05, 0.1) is 18.9 Å². The molecule has 3 heterocycles. The van der Waals surface area contributed by atoms with Gasteiger partial charge in [-0.1, -0.05) is 57.5 Å². The number of unbranched alkanes of at least 4 members (excludes halogenated alkanes) is 1. The molecule has 5 atom stereocenters. The number of nitrogens with zero attached hydrogens (tertiary/aromatic N) is 5. The first-order chi connectivity index (χ1) is 27.3. The maximum absolute atomic E-state index is 14.6. The Morgan fingerprint density at radius 2 is 1.49 bits per heavy atom. The van der Waals surface area contributed by atoms with Crippen LogP contribution >= 0.6 is 7.60 Å². The molecule has 2 saturated heterocycles. The van der Waals surface area contributed by atoms with Crippen molar-refractivity contribution in [3.05, 3.63) is 42.1 Å². The van der Waals surface area contributed by atoms with Gasteiger partial charge in [-0.25, -0.2) is 14.8 Å². The fraction of sp³-hybridized carbons (Fsp3) is 0.605. The number of esters is 2. The lowest BCUT2D eigenvalue weighted by atomic mass is 10.2. The summed E-state index contributed by atoms with van der Waals surface area (Å²) in [5, 5.41) is 2.70. The molecule has 0 bridgehead atoms. The van der Waals surface area contributed by atoms with Crippen molar-refractivity contribution >= 4 is 43.3 Å². The summed E-state index contributed by atoms with van der Waals surface area (Å²) in [6.07, 6.45) is -1.82. The highest BCUT2D eigenvalue weighted by atomic mass is 31.2. The minimum atomic E-state index is -4.57. The van der Waals surface area contributed by atoms with Gasteiger partial charge in [0.1, 0.15) is 17.6 Å². The van der Waals surface area contributed by atoms with Crippen molar-refractivity contribution in [1.82, 2.24) is 25.1 Å². The number of carbonyl (C=O) groups is 5. The van der Waals surface area contributed by atoms with Gasteiger partial charge in [-0.3, -0.25) is 32.8 Å². The van der Waals surface area contributed by atoms with Crippen LogP contribution in [0.2, 0.25) is 0 Å². The van der Waals surface area contributed by atoms with Crippen molar-refractivity contribution in [2.75, 3.05) is 64.0 Å². The number of piperazine rings is 1. The molecule has 0 saturated carbocycles. The number of rotatable bonds is 19. The van der Waals surface area contributed by atoms with Crippen molar-refractivity contribution in [3.63, 3.8) is 0 Å². The first kappa shape index (κ1) is 45.1. The van der Waals surface area contributed by atoms with Crippen molar-refractivity contribution < 1.29 is 56.5 Å². The van der Waals surface area contributed by atoms with Gasteiger partial charge < -0.3 is 39.0 Å². The third-order valence-corrected chi connectivity index (χ3v) is 11.2. The molecule has 57 heavy (non-hydrogen) atoms. The second kappa shape index (κ2) is 21.8.